The van der Waals surface area contributed by atoms with Gasteiger partial charge in [-0.2, -0.15) is 0 Å². The van der Waals surface area contributed by atoms with Crippen LogP contribution in [0.15, 0.2) is 70.7 Å². The van der Waals surface area contributed by atoms with Crippen molar-refractivity contribution in [2.75, 3.05) is 101 Å². The van der Waals surface area contributed by atoms with Gasteiger partial charge in [-0.3, -0.25) is 14.5 Å². The smallest absolute Gasteiger partial charge is 0.243 e. The van der Waals surface area contributed by atoms with Gasteiger partial charge in [0.2, 0.25) is 11.8 Å². The maximum atomic E-state index is 14.4. The molecule has 0 spiro atoms. The number of nitrogens with zero attached hydrogens (tertiary/aromatic N) is 10. The number of hydrogen-bond donors (Lipinski definition) is 4. The van der Waals surface area contributed by atoms with E-state index in [-0.39, 0.29) is 42.5 Å². The average Bonchev–Trinajstić information content (AvgIpc) is 4.16. The van der Waals surface area contributed by atoms with Crippen LogP contribution >= 0.6 is 11.3 Å². The number of aliphatic hydroxyl groups excluding tert-OH is 1. The number of anilines is 3. The molecule has 5 aromatic rings. The molecule has 7 aliphatic rings. The highest BCUT2D eigenvalue weighted by Crippen LogP contribution is 2.53. The number of hydrogen-bond acceptors (Lipinski definition) is 17. The number of β-amino-alcohol motifs (C(OH)–C–C–N with tert-alkyl or cyclic N) is 1. The first-order chi connectivity index (χ1) is 38.3. The highest BCUT2D eigenvalue weighted by atomic mass is 32.1. The van der Waals surface area contributed by atoms with Crippen molar-refractivity contribution < 1.29 is 29.1 Å². The van der Waals surface area contributed by atoms with E-state index in [1.807, 2.05) is 87.8 Å². The summed E-state index contributed by atoms with van der Waals surface area (Å²) in [5.74, 6) is 3.42. The van der Waals surface area contributed by atoms with Crippen LogP contribution in [0.25, 0.3) is 21.7 Å². The normalized spacial score (nSPS) is 27.1. The van der Waals surface area contributed by atoms with Crippen molar-refractivity contribution >= 4 is 40.5 Å². The number of nitrogens with one attached hydrogen (secondary N) is 1. The van der Waals surface area contributed by atoms with Crippen molar-refractivity contribution in [3.05, 3.63) is 83.2 Å². The number of aromatic nitrogens is 4. The molecule has 8 heterocycles. The van der Waals surface area contributed by atoms with Crippen LogP contribution < -0.4 is 20.9 Å². The second kappa shape index (κ2) is 23.0. The van der Waals surface area contributed by atoms with Gasteiger partial charge in [0.25, 0.3) is 0 Å². The van der Waals surface area contributed by atoms with Gasteiger partial charge in [0.05, 0.1) is 51.8 Å². The molecule has 7 fully saturated rings. The number of carbonyl (C=O) groups excluding carboxylic acids is 2. The Morgan fingerprint density at radius 3 is 2.25 bits per heavy atom. The third kappa shape index (κ3) is 11.6. The molecule has 18 nitrogen and oxygen atoms in total. The summed E-state index contributed by atoms with van der Waals surface area (Å²) >= 11 is 1.61. The minimum absolute atomic E-state index is 0.0949. The predicted octanol–water partition coefficient (Wildman–Crippen LogP) is 6.66. The second-order valence-electron chi connectivity index (χ2n) is 24.4. The molecule has 7 atom stereocenters. The van der Waals surface area contributed by atoms with Crippen molar-refractivity contribution in [2.24, 2.45) is 29.6 Å². The van der Waals surface area contributed by atoms with E-state index in [1.165, 1.54) is 6.54 Å². The maximum Gasteiger partial charge on any atom is 0.243 e. The fraction of sp³-hybridized carbons (Fsp3) is 0.600. The molecule has 1 unspecified atom stereocenters. The zero-order chi connectivity index (χ0) is 54.5. The zero-order valence-corrected chi connectivity index (χ0v) is 47.2. The lowest BCUT2D eigenvalue weighted by atomic mass is 9.87. The van der Waals surface area contributed by atoms with Crippen molar-refractivity contribution in [1.82, 2.24) is 45.3 Å². The Balaban J connectivity index is 0.534. The number of thiazole rings is 1. The van der Waals surface area contributed by atoms with Crippen LogP contribution in [0.1, 0.15) is 94.7 Å². The summed E-state index contributed by atoms with van der Waals surface area (Å²) in [7, 11) is 0. The number of likely N-dealkylation sites (tertiary alicyclic amines) is 2. The Kier molecular flexibility index (Phi) is 15.7. The van der Waals surface area contributed by atoms with Gasteiger partial charge in [-0.1, -0.05) is 55.4 Å². The van der Waals surface area contributed by atoms with Crippen LogP contribution in [0.4, 0.5) is 17.3 Å². The van der Waals surface area contributed by atoms with Crippen LogP contribution in [0.3, 0.4) is 0 Å². The number of aryl methyl sites for hydroxylation is 1. The Hall–Kier alpha value is -5.70. The molecule has 3 aromatic heterocycles. The van der Waals surface area contributed by atoms with E-state index < -0.39 is 18.1 Å². The van der Waals surface area contributed by atoms with E-state index in [2.05, 4.69) is 50.2 Å². The molecule has 79 heavy (non-hydrogen) atoms. The largest absolute Gasteiger partial charge is 0.507 e. The molecule has 5 saturated heterocycles. The minimum Gasteiger partial charge on any atom is -0.507 e. The van der Waals surface area contributed by atoms with Gasteiger partial charge in [0.15, 0.2) is 17.4 Å². The summed E-state index contributed by atoms with van der Waals surface area (Å²) in [5, 5.41) is 37.3. The number of piperidine rings is 3. The summed E-state index contributed by atoms with van der Waals surface area (Å²) in [5.41, 5.74) is 13.4. The summed E-state index contributed by atoms with van der Waals surface area (Å²) in [6.45, 7) is 20.9. The molecule has 2 aromatic carbocycles. The number of amides is 2. The van der Waals surface area contributed by atoms with Crippen LogP contribution in [-0.2, 0) is 14.3 Å². The van der Waals surface area contributed by atoms with Gasteiger partial charge < -0.3 is 55.0 Å². The molecular weight excluding hydrogens is 1020 g/mol. The quantitative estimate of drug-likeness (QED) is 0.0769. The van der Waals surface area contributed by atoms with E-state index in [1.54, 1.807) is 22.3 Å². The Labute approximate surface area is 468 Å². The van der Waals surface area contributed by atoms with Crippen molar-refractivity contribution in [2.45, 2.75) is 115 Å². The number of fused-ring (bicyclic) bond motifs is 1. The van der Waals surface area contributed by atoms with E-state index >= 15 is 0 Å². The van der Waals surface area contributed by atoms with E-state index in [0.717, 1.165) is 150 Å². The number of piperazine rings is 1. The van der Waals surface area contributed by atoms with Crippen molar-refractivity contribution in [3.63, 3.8) is 0 Å². The van der Waals surface area contributed by atoms with Gasteiger partial charge in [-0.25, -0.2) is 4.98 Å². The SMILES string of the molecule is Cc1ncsc1-c1ccc([C@H](C)NC(=O)[C@@H]2C[C@@H](O)CN2C(=O)[C@@H](c2cc(N3CCC(CN4CCC(OC5CC(N6CCN(CC7[C@H]8CN(c9cc(-c%10ccccc%10O)nnc9N)C[C@@H]78)CC6)C5)CC4)CC3)no2)C(C)C)cc1. The van der Waals surface area contributed by atoms with Gasteiger partial charge in [-0.15, -0.1) is 21.5 Å². The standard InChI is InChI=1S/C60H80N12O6S/c1-36(2)56(60(76)72-31-43(73)27-52(72)59(75)63-37(3)40-9-11-41(12-10-40)57-38(4)62-35-79-57)54-29-55(66-78-54)70-19-13-39(14-20-70)30-67-17-15-44(16-18-67)77-45-25-42(26-45)69-23-21-68(22-24-69)32-47-48-33-71(34-49(47)48)51-28-50(64-65-58(51)61)46-7-5-6-8-53(46)74/h5-12,28-29,35-37,39,42-45,47-49,52,56,73-74H,13-27,30-34H2,1-4H3,(H2,61,65)(H,63,75)/t37-,42?,43+,45?,47?,48-,49+,52-,56+/m0/s1. The lowest BCUT2D eigenvalue weighted by molar-refractivity contribution is -0.141. The molecule has 0 bridgehead atoms. The predicted molar refractivity (Wildman–Crippen MR) is 306 cm³/mol. The zero-order valence-electron chi connectivity index (χ0n) is 46.4. The number of nitrogen functional groups attached to an aromatic ring is 1. The first kappa shape index (κ1) is 53.9. The van der Waals surface area contributed by atoms with Gasteiger partial charge >= 0.3 is 0 Å². The van der Waals surface area contributed by atoms with Gasteiger partial charge in [0, 0.05) is 109 Å². The highest BCUT2D eigenvalue weighted by molar-refractivity contribution is 7.13. The number of aromatic hydroxyl groups is 1. The molecule has 0 radical (unpaired) electrons. The summed E-state index contributed by atoms with van der Waals surface area (Å²) < 4.78 is 12.7. The van der Waals surface area contributed by atoms with Crippen LogP contribution in [0, 0.1) is 36.5 Å². The monoisotopic (exact) mass is 1100 g/mol. The second-order valence-corrected chi connectivity index (χ2v) is 25.2. The van der Waals surface area contributed by atoms with Crippen LogP contribution in [0.2, 0.25) is 0 Å². The first-order valence-corrected chi connectivity index (χ1v) is 30.2. The summed E-state index contributed by atoms with van der Waals surface area (Å²) in [6.07, 6.45) is 6.82. The number of ether oxygens (including phenoxy) is 1. The third-order valence-corrected chi connectivity index (χ3v) is 19.9. The summed E-state index contributed by atoms with van der Waals surface area (Å²) in [4.78, 5) is 48.0. The number of aliphatic hydroxyl groups is 1. The fourth-order valence-corrected chi connectivity index (χ4v) is 14.9. The average molecular weight is 1100 g/mol. The minimum atomic E-state index is -0.793. The molecule has 19 heteroatoms. The highest BCUT2D eigenvalue weighted by Gasteiger charge is 2.56. The maximum absolute atomic E-state index is 14.4. The fourth-order valence-electron chi connectivity index (χ4n) is 14.0. The third-order valence-electron chi connectivity index (χ3n) is 18.9. The van der Waals surface area contributed by atoms with Crippen LogP contribution in [0.5, 0.6) is 5.75 Å². The first-order valence-electron chi connectivity index (χ1n) is 29.3. The van der Waals surface area contributed by atoms with Crippen molar-refractivity contribution in [1.29, 1.82) is 0 Å². The summed E-state index contributed by atoms with van der Waals surface area (Å²) in [6, 6.07) is 18.8. The molecule has 422 valence electrons. The Bertz CT molecular complexity index is 2900. The molecule has 5 N–H and O–H groups in total. The van der Waals surface area contributed by atoms with Crippen LogP contribution in [-0.4, -0.2) is 177 Å². The van der Waals surface area contributed by atoms with E-state index in [9.17, 15) is 19.8 Å². The Morgan fingerprint density at radius 1 is 0.835 bits per heavy atom. The molecule has 12 rings (SSSR count). The number of para-hydroxylation sites is 1. The number of phenols is 1. The number of benzene rings is 2. The number of rotatable bonds is 17. The lowest BCUT2D eigenvalue weighted by Gasteiger charge is -2.47. The topological polar surface area (TPSA) is 206 Å². The number of phenolic OH excluding ortho intramolecular Hbond substituents is 1. The molecule has 2 aliphatic carbocycles. The lowest BCUT2D eigenvalue weighted by Crippen LogP contribution is -2.56. The molecule has 5 aliphatic heterocycles. The number of nitrogens with two attached hydrogens (primary N) is 1. The number of carbonyl (C=O) groups is 2. The van der Waals surface area contributed by atoms with E-state index in [4.69, 9.17) is 15.0 Å². The molecule has 2 saturated carbocycles. The van der Waals surface area contributed by atoms with E-state index in [0.29, 0.717) is 58.8 Å². The van der Waals surface area contributed by atoms with Crippen molar-refractivity contribution in [3.8, 4) is 27.4 Å². The Morgan fingerprint density at radius 2 is 1.56 bits per heavy atom. The molecule has 2 amide bonds. The van der Waals surface area contributed by atoms with Gasteiger partial charge in [-0.05, 0) is 111 Å². The van der Waals surface area contributed by atoms with Gasteiger partial charge in [0.1, 0.15) is 17.7 Å². The molecular formula is C60H80N12O6S.